The van der Waals surface area contributed by atoms with Crippen LogP contribution in [0.5, 0.6) is 11.5 Å². The van der Waals surface area contributed by atoms with Gasteiger partial charge in [0.2, 0.25) is 5.91 Å². The van der Waals surface area contributed by atoms with Crippen molar-refractivity contribution in [3.8, 4) is 11.5 Å². The van der Waals surface area contributed by atoms with Gasteiger partial charge in [-0.15, -0.1) is 0 Å². The molecule has 0 aliphatic carbocycles. The highest BCUT2D eigenvalue weighted by molar-refractivity contribution is 5.98. The molecule has 2 aromatic carbocycles. The Kier molecular flexibility index (Phi) is 7.17. The van der Waals surface area contributed by atoms with E-state index in [9.17, 15) is 9.59 Å². The van der Waals surface area contributed by atoms with Crippen molar-refractivity contribution in [3.05, 3.63) is 59.8 Å². The third-order valence-corrected chi connectivity index (χ3v) is 6.15. The maximum atomic E-state index is 12.9. The molecule has 2 N–H and O–H groups in total. The Morgan fingerprint density at radius 2 is 1.88 bits per heavy atom. The molecule has 1 aliphatic rings. The smallest absolute Gasteiger partial charge is 0.270 e. The number of H-pyrrole nitrogens is 1. The number of fused-ring (bicyclic) bond motifs is 1. The topological polar surface area (TPSA) is 83.7 Å². The van der Waals surface area contributed by atoms with E-state index in [4.69, 9.17) is 9.47 Å². The fraction of sp³-hybridized carbons (Fsp3) is 0.385. The Balaban J connectivity index is 1.24. The van der Waals surface area contributed by atoms with Gasteiger partial charge in [-0.2, -0.15) is 0 Å². The molecule has 174 valence electrons. The maximum absolute atomic E-state index is 12.9. The zero-order valence-corrected chi connectivity index (χ0v) is 19.2. The normalized spacial score (nSPS) is 14.3. The van der Waals surface area contributed by atoms with Crippen molar-refractivity contribution in [1.82, 2.24) is 15.2 Å². The van der Waals surface area contributed by atoms with Crippen LogP contribution in [0, 0.1) is 5.92 Å². The Morgan fingerprint density at radius 1 is 1.09 bits per heavy atom. The lowest BCUT2D eigenvalue weighted by Gasteiger charge is -2.31. The average Bonchev–Trinajstić information content (AvgIpc) is 3.28. The largest absolute Gasteiger partial charge is 0.493 e. The van der Waals surface area contributed by atoms with Crippen molar-refractivity contribution in [3.63, 3.8) is 0 Å². The lowest BCUT2D eigenvalue weighted by Crippen LogP contribution is -2.39. The lowest BCUT2D eigenvalue weighted by atomic mass is 9.93. The first-order valence-electron chi connectivity index (χ1n) is 11.5. The second-order valence-electron chi connectivity index (χ2n) is 8.40. The summed E-state index contributed by atoms with van der Waals surface area (Å²) >= 11 is 0. The summed E-state index contributed by atoms with van der Waals surface area (Å²) in [5.41, 5.74) is 2.55. The van der Waals surface area contributed by atoms with Gasteiger partial charge in [-0.25, -0.2) is 0 Å². The van der Waals surface area contributed by atoms with Crippen LogP contribution in [-0.4, -0.2) is 48.5 Å². The first-order chi connectivity index (χ1) is 16.1. The van der Waals surface area contributed by atoms with Crippen LogP contribution in [-0.2, 0) is 11.3 Å². The number of hydrogen-bond donors (Lipinski definition) is 2. The van der Waals surface area contributed by atoms with E-state index in [1.54, 1.807) is 7.11 Å². The fourth-order valence-electron chi connectivity index (χ4n) is 4.33. The molecule has 0 saturated carbocycles. The third kappa shape index (κ3) is 5.48. The van der Waals surface area contributed by atoms with Gasteiger partial charge in [0.15, 0.2) is 11.5 Å². The first-order valence-corrected chi connectivity index (χ1v) is 11.5. The summed E-state index contributed by atoms with van der Waals surface area (Å²) in [6, 6.07) is 15.5. The van der Waals surface area contributed by atoms with Crippen LogP contribution < -0.4 is 14.8 Å². The van der Waals surface area contributed by atoms with Gasteiger partial charge in [0.25, 0.3) is 5.91 Å². The van der Waals surface area contributed by atoms with E-state index in [1.165, 1.54) is 0 Å². The molecule has 4 rings (SSSR count). The molecule has 1 saturated heterocycles. The van der Waals surface area contributed by atoms with Gasteiger partial charge >= 0.3 is 0 Å². The molecular weight excluding hydrogens is 418 g/mol. The molecule has 2 amide bonds. The minimum absolute atomic E-state index is 0.0264. The number of aromatic amines is 1. The number of nitrogens with one attached hydrogen (secondary N) is 2. The van der Waals surface area contributed by atoms with Gasteiger partial charge in [-0.3, -0.25) is 9.59 Å². The van der Waals surface area contributed by atoms with Crippen molar-refractivity contribution in [1.29, 1.82) is 0 Å². The summed E-state index contributed by atoms with van der Waals surface area (Å²) in [5.74, 6) is 1.70. The van der Waals surface area contributed by atoms with Crippen LogP contribution in [0.1, 0.15) is 42.2 Å². The van der Waals surface area contributed by atoms with Crippen LogP contribution in [0.4, 0.5) is 0 Å². The van der Waals surface area contributed by atoms with Gasteiger partial charge in [0.05, 0.1) is 13.7 Å². The van der Waals surface area contributed by atoms with Gasteiger partial charge in [-0.05, 0) is 55.5 Å². The maximum Gasteiger partial charge on any atom is 0.270 e. The summed E-state index contributed by atoms with van der Waals surface area (Å²) in [6.45, 7) is 4.28. The summed E-state index contributed by atoms with van der Waals surface area (Å²) in [5, 5.41) is 4.04. The van der Waals surface area contributed by atoms with E-state index in [0.717, 1.165) is 29.3 Å². The zero-order valence-electron chi connectivity index (χ0n) is 19.2. The summed E-state index contributed by atoms with van der Waals surface area (Å²) < 4.78 is 10.9. The predicted octanol–water partition coefficient (Wildman–Crippen LogP) is 4.13. The number of carbonyl (C=O) groups is 2. The van der Waals surface area contributed by atoms with Gasteiger partial charge in [-0.1, -0.05) is 24.3 Å². The number of methoxy groups -OCH3 is 1. The van der Waals surface area contributed by atoms with Crippen molar-refractivity contribution in [2.24, 2.45) is 5.92 Å². The van der Waals surface area contributed by atoms with Crippen molar-refractivity contribution >= 4 is 22.7 Å². The van der Waals surface area contributed by atoms with E-state index in [1.807, 2.05) is 60.4 Å². The minimum Gasteiger partial charge on any atom is -0.493 e. The molecule has 0 unspecified atom stereocenters. The molecule has 1 aromatic heterocycles. The van der Waals surface area contributed by atoms with Crippen LogP contribution in [0.2, 0.25) is 0 Å². The number of nitrogens with zero attached hydrogens (tertiary/aromatic N) is 1. The highest BCUT2D eigenvalue weighted by atomic mass is 16.5. The average molecular weight is 450 g/mol. The molecular formula is C26H31N3O4. The van der Waals surface area contributed by atoms with Crippen LogP contribution >= 0.6 is 0 Å². The van der Waals surface area contributed by atoms with Gasteiger partial charge in [0.1, 0.15) is 5.69 Å². The second-order valence-corrected chi connectivity index (χ2v) is 8.40. The number of aromatic nitrogens is 1. The number of rotatable bonds is 8. The predicted molar refractivity (Wildman–Crippen MR) is 128 cm³/mol. The molecule has 0 spiro atoms. The van der Waals surface area contributed by atoms with Crippen molar-refractivity contribution in [2.45, 2.75) is 32.7 Å². The molecule has 7 heteroatoms. The van der Waals surface area contributed by atoms with E-state index in [-0.39, 0.29) is 17.7 Å². The van der Waals surface area contributed by atoms with Crippen molar-refractivity contribution in [2.75, 3.05) is 26.8 Å². The zero-order chi connectivity index (χ0) is 23.2. The Morgan fingerprint density at radius 3 is 2.61 bits per heavy atom. The highest BCUT2D eigenvalue weighted by Crippen LogP contribution is 2.28. The number of hydrogen-bond acceptors (Lipinski definition) is 4. The molecule has 0 atom stereocenters. The third-order valence-electron chi connectivity index (χ3n) is 6.15. The first kappa shape index (κ1) is 22.7. The standard InChI is InChI=1S/C26H31N3O4/c1-3-33-23-9-8-19(14-24(23)32-2)17-27-25(30)15-18-10-12-29(13-11-18)26(31)22-16-20-6-4-5-7-21(20)28-22/h4-9,14,16,18,28H,3,10-13,15,17H2,1-2H3,(H,27,30). The number of carbonyl (C=O) groups excluding carboxylic acids is 2. The Labute approximate surface area is 194 Å². The summed E-state index contributed by atoms with van der Waals surface area (Å²) in [6.07, 6.45) is 2.13. The van der Waals surface area contributed by atoms with E-state index in [2.05, 4.69) is 10.3 Å². The number of piperidine rings is 1. The fourth-order valence-corrected chi connectivity index (χ4v) is 4.33. The molecule has 0 bridgehead atoms. The Hall–Kier alpha value is -3.48. The van der Waals surface area contributed by atoms with Crippen LogP contribution in [0.3, 0.4) is 0 Å². The monoisotopic (exact) mass is 449 g/mol. The quantitative estimate of drug-likeness (QED) is 0.542. The minimum atomic E-state index is 0.0264. The van der Waals surface area contributed by atoms with E-state index in [0.29, 0.717) is 49.9 Å². The molecule has 33 heavy (non-hydrogen) atoms. The number of para-hydroxylation sites is 1. The number of amides is 2. The Bertz CT molecular complexity index is 1080. The van der Waals surface area contributed by atoms with E-state index >= 15 is 0 Å². The molecule has 1 fully saturated rings. The van der Waals surface area contributed by atoms with E-state index < -0.39 is 0 Å². The second kappa shape index (κ2) is 10.4. The van der Waals surface area contributed by atoms with Crippen LogP contribution in [0.15, 0.2) is 48.5 Å². The SMILES string of the molecule is CCOc1ccc(CNC(=O)CC2CCN(C(=O)c3cc4ccccc4[nH]3)CC2)cc1OC. The molecule has 0 radical (unpaired) electrons. The summed E-state index contributed by atoms with van der Waals surface area (Å²) in [4.78, 5) is 30.5. The van der Waals surface area contributed by atoms with Crippen LogP contribution in [0.25, 0.3) is 10.9 Å². The number of likely N-dealkylation sites (tertiary alicyclic amines) is 1. The number of ether oxygens (including phenoxy) is 2. The molecule has 7 nitrogen and oxygen atoms in total. The molecule has 3 aromatic rings. The summed E-state index contributed by atoms with van der Waals surface area (Å²) in [7, 11) is 1.61. The molecule has 1 aliphatic heterocycles. The van der Waals surface area contributed by atoms with Gasteiger partial charge < -0.3 is 24.7 Å². The molecule has 2 heterocycles. The number of benzene rings is 2. The lowest BCUT2D eigenvalue weighted by molar-refractivity contribution is -0.122. The highest BCUT2D eigenvalue weighted by Gasteiger charge is 2.26. The van der Waals surface area contributed by atoms with Crippen molar-refractivity contribution < 1.29 is 19.1 Å². The van der Waals surface area contributed by atoms with Gasteiger partial charge in [0, 0.05) is 37.0 Å².